The van der Waals surface area contributed by atoms with Crippen LogP contribution in [-0.4, -0.2) is 93.1 Å². The Hall–Kier alpha value is -5.92. The number of hydrogen-bond donors (Lipinski definition) is 4. The number of hydrogen-bond acceptors (Lipinski definition) is 8. The number of likely N-dealkylation sites (tertiary alicyclic amines) is 2. The summed E-state index contributed by atoms with van der Waals surface area (Å²) in [4.78, 5) is 73.0. The van der Waals surface area contributed by atoms with Crippen LogP contribution in [0.1, 0.15) is 120 Å². The van der Waals surface area contributed by atoms with E-state index in [1.807, 2.05) is 37.5 Å². The molecule has 5 aromatic rings. The highest BCUT2D eigenvalue weighted by Gasteiger charge is 2.44. The lowest BCUT2D eigenvalue weighted by Gasteiger charge is -2.29. The molecule has 14 nitrogen and oxygen atoms in total. The average Bonchev–Trinajstić information content (AvgIpc) is 4.15. The molecule has 2 aromatic heterocycles. The SMILES string of the molecule is COC(=O)NC(C(=O)N1CCCC1c1nc2cc(-c3ccc(-c4ccc5[nH]c(C6CCCN6C(=O)C(NC(=O)OC)C(C)C)nc5c4)c4c3CCC43CCCC3)ccc2[nH]1)C(C)C. The van der Waals surface area contributed by atoms with Crippen LogP contribution in [0.25, 0.3) is 44.3 Å². The molecule has 4 heterocycles. The number of aromatic amines is 2. The van der Waals surface area contributed by atoms with Gasteiger partial charge in [0.15, 0.2) is 0 Å². The van der Waals surface area contributed by atoms with E-state index in [-0.39, 0.29) is 41.1 Å². The Morgan fingerprint density at radius 3 is 1.62 bits per heavy atom. The topological polar surface area (TPSA) is 175 Å². The summed E-state index contributed by atoms with van der Waals surface area (Å²) in [6.07, 6.45) is 9.04. The molecule has 3 fully saturated rings. The van der Waals surface area contributed by atoms with Gasteiger partial charge in [-0.3, -0.25) is 9.59 Å². The van der Waals surface area contributed by atoms with Gasteiger partial charge in [0.25, 0.3) is 0 Å². The minimum Gasteiger partial charge on any atom is -0.453 e. The van der Waals surface area contributed by atoms with Crippen LogP contribution in [-0.2, 0) is 30.9 Å². The number of alkyl carbamates (subject to hydrolysis) is 2. The van der Waals surface area contributed by atoms with Crippen molar-refractivity contribution < 1.29 is 28.7 Å². The van der Waals surface area contributed by atoms with Crippen LogP contribution in [0.4, 0.5) is 9.59 Å². The minimum absolute atomic E-state index is 0.108. The van der Waals surface area contributed by atoms with Crippen LogP contribution < -0.4 is 10.6 Å². The van der Waals surface area contributed by atoms with Crippen LogP contribution >= 0.6 is 0 Å². The Balaban J connectivity index is 1.02. The first kappa shape index (κ1) is 42.4. The first-order valence-corrected chi connectivity index (χ1v) is 22.9. The van der Waals surface area contributed by atoms with Gasteiger partial charge in [-0.15, -0.1) is 0 Å². The van der Waals surface area contributed by atoms with E-state index < -0.39 is 24.3 Å². The maximum atomic E-state index is 13.8. The maximum Gasteiger partial charge on any atom is 0.407 e. The van der Waals surface area contributed by atoms with Crippen molar-refractivity contribution in [3.05, 3.63) is 71.3 Å². The Labute approximate surface area is 368 Å². The summed E-state index contributed by atoms with van der Waals surface area (Å²) in [5, 5.41) is 5.49. The number of H-pyrrole nitrogens is 2. The first-order chi connectivity index (χ1) is 30.4. The minimum atomic E-state index is -0.692. The van der Waals surface area contributed by atoms with E-state index in [4.69, 9.17) is 19.4 Å². The number of methoxy groups -OCH3 is 2. The molecule has 332 valence electrons. The lowest BCUT2D eigenvalue weighted by atomic mass is 9.76. The number of nitrogens with zero attached hydrogens (tertiary/aromatic N) is 4. The van der Waals surface area contributed by atoms with E-state index in [1.54, 1.807) is 0 Å². The Morgan fingerprint density at radius 1 is 0.667 bits per heavy atom. The number of nitrogens with one attached hydrogen (secondary N) is 4. The highest BCUT2D eigenvalue weighted by molar-refractivity contribution is 5.90. The monoisotopic (exact) mass is 856 g/mol. The zero-order chi connectivity index (χ0) is 44.2. The van der Waals surface area contributed by atoms with Crippen LogP contribution in [0.15, 0.2) is 48.5 Å². The maximum absolute atomic E-state index is 13.8. The van der Waals surface area contributed by atoms with Gasteiger partial charge in [0.2, 0.25) is 11.8 Å². The van der Waals surface area contributed by atoms with Crippen molar-refractivity contribution in [2.75, 3.05) is 27.3 Å². The third-order valence-electron chi connectivity index (χ3n) is 14.4. The van der Waals surface area contributed by atoms with Gasteiger partial charge in [-0.1, -0.05) is 64.8 Å². The molecule has 2 saturated heterocycles. The molecule has 63 heavy (non-hydrogen) atoms. The van der Waals surface area contributed by atoms with Crippen molar-refractivity contribution in [2.45, 2.75) is 121 Å². The summed E-state index contributed by atoms with van der Waals surface area (Å²) in [5.41, 5.74) is 11.4. The van der Waals surface area contributed by atoms with Gasteiger partial charge in [-0.2, -0.15) is 0 Å². The Morgan fingerprint density at radius 2 is 1.14 bits per heavy atom. The molecule has 4 atom stereocenters. The van der Waals surface area contributed by atoms with Gasteiger partial charge >= 0.3 is 12.2 Å². The molecule has 4 aliphatic rings. The average molecular weight is 857 g/mol. The molecule has 1 spiro atoms. The van der Waals surface area contributed by atoms with Crippen molar-refractivity contribution in [3.63, 3.8) is 0 Å². The lowest BCUT2D eigenvalue weighted by Crippen LogP contribution is -2.51. The molecule has 9 rings (SSSR count). The molecule has 2 aliphatic carbocycles. The molecule has 14 heteroatoms. The standard InChI is InChI=1S/C49H60N8O6/c1-27(2)41(54-47(60)62-5)45(58)56-23-9-11-38(56)43-50-34-17-13-29(25-36(34)52-43)31-15-16-32(40-33(31)19-22-49(40)20-7-8-21-49)30-14-18-35-37(26-30)53-44(51-35)39-12-10-24-57(39)46(59)42(28(3)4)55-48(61)63-6/h13-18,25-28,38-39,41-42H,7-12,19-24H2,1-6H3,(H,50,52)(H,51,53)(H,54,60)(H,55,61). The second kappa shape index (κ2) is 17.0. The van der Waals surface area contributed by atoms with E-state index in [0.717, 1.165) is 83.4 Å². The molecule has 4 amide bonds. The zero-order valence-corrected chi connectivity index (χ0v) is 37.3. The van der Waals surface area contributed by atoms with Crippen molar-refractivity contribution in [1.82, 2.24) is 40.4 Å². The fourth-order valence-corrected chi connectivity index (χ4v) is 11.2. The van der Waals surface area contributed by atoms with Crippen LogP contribution in [0, 0.1) is 11.8 Å². The Kier molecular flexibility index (Phi) is 11.4. The second-order valence-corrected chi connectivity index (χ2v) is 18.8. The normalized spacial score (nSPS) is 20.3. The smallest absolute Gasteiger partial charge is 0.407 e. The second-order valence-electron chi connectivity index (χ2n) is 18.8. The quantitative estimate of drug-likeness (QED) is 0.108. The number of imidazole rings is 2. The fourth-order valence-electron chi connectivity index (χ4n) is 11.2. The van der Waals surface area contributed by atoms with Crippen LogP contribution in [0.5, 0.6) is 0 Å². The number of fused-ring (bicyclic) bond motifs is 4. The van der Waals surface area contributed by atoms with Crippen molar-refractivity contribution >= 4 is 46.1 Å². The molecule has 3 aromatic carbocycles. The summed E-state index contributed by atoms with van der Waals surface area (Å²) in [5.74, 6) is 1.06. The number of amides is 4. The van der Waals surface area contributed by atoms with Crippen molar-refractivity contribution in [3.8, 4) is 22.3 Å². The van der Waals surface area contributed by atoms with Gasteiger partial charge in [-0.05, 0) is 126 Å². The summed E-state index contributed by atoms with van der Waals surface area (Å²) < 4.78 is 9.65. The summed E-state index contributed by atoms with van der Waals surface area (Å²) in [6.45, 7) is 8.89. The zero-order valence-electron chi connectivity index (χ0n) is 37.3. The molecule has 4 unspecified atom stereocenters. The first-order valence-electron chi connectivity index (χ1n) is 22.9. The molecular weight excluding hydrogens is 797 g/mol. The van der Waals surface area contributed by atoms with Crippen molar-refractivity contribution in [2.24, 2.45) is 11.8 Å². The summed E-state index contributed by atoms with van der Waals surface area (Å²) in [6, 6.07) is 15.8. The van der Waals surface area contributed by atoms with E-state index in [1.165, 1.54) is 62.2 Å². The summed E-state index contributed by atoms with van der Waals surface area (Å²) >= 11 is 0. The fraction of sp³-hybridized carbons (Fsp3) is 0.510. The molecule has 1 saturated carbocycles. The number of rotatable bonds is 10. The third kappa shape index (κ3) is 7.69. The van der Waals surface area contributed by atoms with Gasteiger partial charge in [0, 0.05) is 13.1 Å². The predicted molar refractivity (Wildman–Crippen MR) is 241 cm³/mol. The summed E-state index contributed by atoms with van der Waals surface area (Å²) in [7, 11) is 2.61. The number of aromatic nitrogens is 4. The number of benzene rings is 3. The largest absolute Gasteiger partial charge is 0.453 e. The number of carbonyl (C=O) groups excluding carboxylic acids is 4. The van der Waals surface area contributed by atoms with Crippen molar-refractivity contribution in [1.29, 1.82) is 0 Å². The van der Waals surface area contributed by atoms with Gasteiger partial charge in [0.05, 0.1) is 48.4 Å². The van der Waals surface area contributed by atoms with Gasteiger partial charge in [0.1, 0.15) is 23.7 Å². The highest BCUT2D eigenvalue weighted by Crippen LogP contribution is 2.55. The highest BCUT2D eigenvalue weighted by atomic mass is 16.5. The Bertz CT molecular complexity index is 2570. The lowest BCUT2D eigenvalue weighted by molar-refractivity contribution is -0.136. The molecule has 2 aliphatic heterocycles. The molecule has 4 N–H and O–H groups in total. The molecule has 0 bridgehead atoms. The number of ether oxygens (including phenoxy) is 2. The molecular formula is C49H60N8O6. The third-order valence-corrected chi connectivity index (χ3v) is 14.4. The van der Waals surface area contributed by atoms with Crippen LogP contribution in [0.2, 0.25) is 0 Å². The van der Waals surface area contributed by atoms with E-state index >= 15 is 0 Å². The number of carbonyl (C=O) groups is 4. The predicted octanol–water partition coefficient (Wildman–Crippen LogP) is 8.62. The van der Waals surface area contributed by atoms with Gasteiger partial charge < -0.3 is 39.9 Å². The van der Waals surface area contributed by atoms with E-state index in [2.05, 4.69) is 69.1 Å². The van der Waals surface area contributed by atoms with E-state index in [0.29, 0.717) is 13.1 Å². The van der Waals surface area contributed by atoms with Gasteiger partial charge in [-0.25, -0.2) is 19.6 Å². The van der Waals surface area contributed by atoms with E-state index in [9.17, 15) is 19.2 Å². The van der Waals surface area contributed by atoms with Crippen LogP contribution in [0.3, 0.4) is 0 Å². The molecule has 0 radical (unpaired) electrons.